The molecule has 1 aliphatic rings. The fourth-order valence-corrected chi connectivity index (χ4v) is 2.23. The van der Waals surface area contributed by atoms with Crippen molar-refractivity contribution in [1.29, 1.82) is 0 Å². The Morgan fingerprint density at radius 1 is 1.33 bits per heavy atom. The van der Waals surface area contributed by atoms with Gasteiger partial charge in [-0.15, -0.1) is 24.8 Å². The Morgan fingerprint density at radius 2 is 2.00 bits per heavy atom. The van der Waals surface area contributed by atoms with Gasteiger partial charge < -0.3 is 15.8 Å². The van der Waals surface area contributed by atoms with Gasteiger partial charge in [-0.05, 0) is 36.1 Å². The Morgan fingerprint density at radius 3 is 2.52 bits per heavy atom. The molecule has 118 valence electrons. The minimum Gasteiger partial charge on any atom is -0.468 e. The van der Waals surface area contributed by atoms with Crippen molar-refractivity contribution in [2.75, 3.05) is 20.2 Å². The molecular formula is C15H22Cl2N2O2. The van der Waals surface area contributed by atoms with Crippen LogP contribution in [0.3, 0.4) is 0 Å². The molecule has 1 heterocycles. The molecule has 1 aliphatic heterocycles. The molecule has 0 amide bonds. The molecule has 0 radical (unpaired) electrons. The largest absolute Gasteiger partial charge is 0.468 e. The fraction of sp³-hybridized carbons (Fsp3) is 0.400. The van der Waals surface area contributed by atoms with E-state index >= 15 is 0 Å². The van der Waals surface area contributed by atoms with Gasteiger partial charge in [-0.25, -0.2) is 0 Å². The number of hydrogen-bond donors (Lipinski definition) is 2. The highest BCUT2D eigenvalue weighted by atomic mass is 35.5. The molecule has 0 bridgehead atoms. The van der Waals surface area contributed by atoms with Gasteiger partial charge in [0.15, 0.2) is 0 Å². The summed E-state index contributed by atoms with van der Waals surface area (Å²) in [4.78, 5) is 11.3. The summed E-state index contributed by atoms with van der Waals surface area (Å²) in [5, 5.41) is 3.30. The van der Waals surface area contributed by atoms with Crippen LogP contribution in [0.1, 0.15) is 17.5 Å². The van der Waals surface area contributed by atoms with Crippen molar-refractivity contribution in [2.45, 2.75) is 18.9 Å². The second-order valence-corrected chi connectivity index (χ2v) is 4.71. The van der Waals surface area contributed by atoms with Crippen molar-refractivity contribution >= 4 is 36.4 Å². The van der Waals surface area contributed by atoms with Gasteiger partial charge in [-0.3, -0.25) is 4.79 Å². The minimum atomic E-state index is -0.589. The Bertz CT molecular complexity index is 475. The smallest absolute Gasteiger partial charge is 0.322 e. The number of nitrogens with one attached hydrogen (secondary N) is 1. The summed E-state index contributed by atoms with van der Waals surface area (Å²) in [6.45, 7) is 1.96. The Kier molecular flexibility index (Phi) is 9.29. The van der Waals surface area contributed by atoms with E-state index in [0.717, 1.165) is 25.1 Å². The number of benzene rings is 1. The Balaban J connectivity index is 0.00000200. The molecule has 1 aromatic rings. The zero-order chi connectivity index (χ0) is 13.7. The quantitative estimate of drug-likeness (QED) is 0.827. The van der Waals surface area contributed by atoms with Crippen LogP contribution in [-0.2, 0) is 16.0 Å². The van der Waals surface area contributed by atoms with E-state index in [1.165, 1.54) is 18.2 Å². The van der Waals surface area contributed by atoms with Gasteiger partial charge in [-0.2, -0.15) is 0 Å². The van der Waals surface area contributed by atoms with Crippen LogP contribution in [0.25, 0.3) is 5.57 Å². The van der Waals surface area contributed by atoms with E-state index < -0.39 is 6.04 Å². The third kappa shape index (κ3) is 5.67. The normalized spacial score (nSPS) is 15.0. The molecular weight excluding hydrogens is 311 g/mol. The van der Waals surface area contributed by atoms with E-state index in [1.807, 2.05) is 12.1 Å². The van der Waals surface area contributed by atoms with Crippen LogP contribution in [0.5, 0.6) is 0 Å². The van der Waals surface area contributed by atoms with Crippen molar-refractivity contribution in [3.8, 4) is 0 Å². The lowest BCUT2D eigenvalue weighted by Crippen LogP contribution is -2.33. The third-order valence-corrected chi connectivity index (χ3v) is 3.35. The molecule has 4 nitrogen and oxygen atoms in total. The zero-order valence-electron chi connectivity index (χ0n) is 12.0. The first kappa shape index (κ1) is 19.9. The van der Waals surface area contributed by atoms with Crippen LogP contribution in [0, 0.1) is 0 Å². The molecule has 0 saturated carbocycles. The molecule has 3 N–H and O–H groups in total. The SMILES string of the molecule is COC(=O)[C@@H](N)Cc1ccc(C2=CCNCC2)cc1.Cl.Cl. The van der Waals surface area contributed by atoms with Gasteiger partial charge in [0.05, 0.1) is 7.11 Å². The van der Waals surface area contributed by atoms with Gasteiger partial charge in [-0.1, -0.05) is 30.3 Å². The van der Waals surface area contributed by atoms with Gasteiger partial charge in [0.1, 0.15) is 6.04 Å². The standard InChI is InChI=1S/C15H20N2O2.2ClH/c1-19-15(18)14(16)10-11-2-4-12(5-3-11)13-6-8-17-9-7-13;;/h2-6,14,17H,7-10,16H2,1H3;2*1H/t14-;;/m0../s1. The highest BCUT2D eigenvalue weighted by Gasteiger charge is 2.14. The maximum absolute atomic E-state index is 11.3. The number of halogens is 2. The maximum Gasteiger partial charge on any atom is 0.322 e. The number of hydrogen-bond acceptors (Lipinski definition) is 4. The number of carbonyl (C=O) groups is 1. The number of rotatable bonds is 4. The van der Waals surface area contributed by atoms with Crippen molar-refractivity contribution in [1.82, 2.24) is 5.32 Å². The topological polar surface area (TPSA) is 64.3 Å². The minimum absolute atomic E-state index is 0. The fourth-order valence-electron chi connectivity index (χ4n) is 2.23. The van der Waals surface area contributed by atoms with E-state index in [4.69, 9.17) is 5.73 Å². The number of ether oxygens (including phenoxy) is 1. The van der Waals surface area contributed by atoms with Crippen LogP contribution >= 0.6 is 24.8 Å². The molecule has 6 heteroatoms. The van der Waals surface area contributed by atoms with Crippen molar-refractivity contribution in [3.63, 3.8) is 0 Å². The Labute approximate surface area is 137 Å². The summed E-state index contributed by atoms with van der Waals surface area (Å²) in [5.74, 6) is -0.370. The summed E-state index contributed by atoms with van der Waals surface area (Å²) in [5.41, 5.74) is 9.42. The highest BCUT2D eigenvalue weighted by molar-refractivity contribution is 5.85. The van der Waals surface area contributed by atoms with E-state index in [9.17, 15) is 4.79 Å². The van der Waals surface area contributed by atoms with Gasteiger partial charge in [0.25, 0.3) is 0 Å². The zero-order valence-corrected chi connectivity index (χ0v) is 13.6. The molecule has 0 aliphatic carbocycles. The van der Waals surface area contributed by atoms with Crippen LogP contribution in [-0.4, -0.2) is 32.2 Å². The molecule has 0 unspecified atom stereocenters. The van der Waals surface area contributed by atoms with Crippen LogP contribution in [0.15, 0.2) is 30.3 Å². The third-order valence-electron chi connectivity index (χ3n) is 3.35. The van der Waals surface area contributed by atoms with E-state index in [0.29, 0.717) is 6.42 Å². The molecule has 0 saturated heterocycles. The maximum atomic E-state index is 11.3. The molecule has 0 aromatic heterocycles. The van der Waals surface area contributed by atoms with Crippen molar-refractivity contribution in [3.05, 3.63) is 41.5 Å². The lowest BCUT2D eigenvalue weighted by atomic mass is 9.97. The summed E-state index contributed by atoms with van der Waals surface area (Å²) in [6.07, 6.45) is 3.78. The van der Waals surface area contributed by atoms with Crippen molar-refractivity contribution in [2.24, 2.45) is 5.73 Å². The summed E-state index contributed by atoms with van der Waals surface area (Å²) < 4.78 is 4.62. The van der Waals surface area contributed by atoms with Gasteiger partial charge >= 0.3 is 5.97 Å². The van der Waals surface area contributed by atoms with Crippen LogP contribution in [0.4, 0.5) is 0 Å². The van der Waals surface area contributed by atoms with Crippen molar-refractivity contribution < 1.29 is 9.53 Å². The molecule has 21 heavy (non-hydrogen) atoms. The molecule has 2 rings (SSSR count). The average Bonchev–Trinajstić information content (AvgIpc) is 2.48. The van der Waals surface area contributed by atoms with E-state index in [2.05, 4.69) is 28.3 Å². The number of methoxy groups -OCH3 is 1. The first-order valence-corrected chi connectivity index (χ1v) is 6.53. The van der Waals surface area contributed by atoms with Crippen LogP contribution < -0.4 is 11.1 Å². The van der Waals surface area contributed by atoms with Gasteiger partial charge in [0, 0.05) is 6.54 Å². The molecule has 0 fully saturated rings. The summed E-state index contributed by atoms with van der Waals surface area (Å²) in [7, 11) is 1.36. The number of esters is 1. The van der Waals surface area contributed by atoms with E-state index in [1.54, 1.807) is 0 Å². The second-order valence-electron chi connectivity index (χ2n) is 4.71. The Hall–Kier alpha value is -1.07. The van der Waals surface area contributed by atoms with Crippen LogP contribution in [0.2, 0.25) is 0 Å². The first-order valence-electron chi connectivity index (χ1n) is 6.53. The average molecular weight is 333 g/mol. The monoisotopic (exact) mass is 332 g/mol. The second kappa shape index (κ2) is 9.79. The predicted molar refractivity (Wildman–Crippen MR) is 90.1 cm³/mol. The highest BCUT2D eigenvalue weighted by Crippen LogP contribution is 2.20. The summed E-state index contributed by atoms with van der Waals surface area (Å²) >= 11 is 0. The first-order chi connectivity index (χ1) is 9.20. The lowest BCUT2D eigenvalue weighted by Gasteiger charge is -2.15. The number of nitrogens with two attached hydrogens (primary N) is 1. The van der Waals surface area contributed by atoms with Gasteiger partial charge in [0.2, 0.25) is 0 Å². The lowest BCUT2D eigenvalue weighted by molar-refractivity contribution is -0.142. The number of carbonyl (C=O) groups excluding carboxylic acids is 1. The molecule has 1 atom stereocenters. The summed E-state index contributed by atoms with van der Waals surface area (Å²) in [6, 6.07) is 7.66. The molecule has 1 aromatic carbocycles. The molecule has 0 spiro atoms. The van der Waals surface area contributed by atoms with E-state index in [-0.39, 0.29) is 30.8 Å². The predicted octanol–water partition coefficient (Wildman–Crippen LogP) is 1.95.